The van der Waals surface area contributed by atoms with Crippen molar-refractivity contribution in [2.45, 2.75) is 38.6 Å². The van der Waals surface area contributed by atoms with E-state index in [4.69, 9.17) is 0 Å². The third-order valence-corrected chi connectivity index (χ3v) is 5.43. The first-order valence-electron chi connectivity index (χ1n) is 9.32. The van der Waals surface area contributed by atoms with Gasteiger partial charge in [0.25, 0.3) is 0 Å². The van der Waals surface area contributed by atoms with E-state index in [9.17, 15) is 14.4 Å². The van der Waals surface area contributed by atoms with Gasteiger partial charge in [0.15, 0.2) is 0 Å². The van der Waals surface area contributed by atoms with Crippen LogP contribution in [0.3, 0.4) is 0 Å². The fraction of sp³-hybridized carbons (Fsp3) is 0.526. The molecule has 0 bridgehead atoms. The first-order valence-corrected chi connectivity index (χ1v) is 9.32. The normalized spacial score (nSPS) is 21.6. The van der Waals surface area contributed by atoms with Gasteiger partial charge < -0.3 is 20.2 Å². The highest BCUT2D eigenvalue weighted by molar-refractivity contribution is 5.84. The maximum absolute atomic E-state index is 12.7. The number of amides is 2. The molecule has 1 saturated carbocycles. The molecule has 2 amide bonds. The average Bonchev–Trinajstić information content (AvgIpc) is 3.41. The van der Waals surface area contributed by atoms with E-state index in [0.29, 0.717) is 6.54 Å². The van der Waals surface area contributed by atoms with Gasteiger partial charge in [0, 0.05) is 19.0 Å². The fourth-order valence-corrected chi connectivity index (χ4v) is 3.71. The molecule has 2 fully saturated rings. The van der Waals surface area contributed by atoms with Gasteiger partial charge in [0.1, 0.15) is 0 Å². The highest BCUT2D eigenvalue weighted by Crippen LogP contribution is 2.32. The van der Waals surface area contributed by atoms with E-state index in [1.165, 1.54) is 0 Å². The lowest BCUT2D eigenvalue weighted by atomic mass is 9.96. The number of carbonyl (C=O) groups is 2. The van der Waals surface area contributed by atoms with Gasteiger partial charge in [-0.1, -0.05) is 6.07 Å². The van der Waals surface area contributed by atoms with Crippen molar-refractivity contribution in [3.05, 3.63) is 34.2 Å². The van der Waals surface area contributed by atoms with E-state index < -0.39 is 0 Å². The third-order valence-electron chi connectivity index (χ3n) is 5.43. The van der Waals surface area contributed by atoms with E-state index in [1.807, 2.05) is 30.0 Å². The first-order chi connectivity index (χ1) is 12.5. The number of aromatic nitrogens is 2. The highest BCUT2D eigenvalue weighted by atomic mass is 16.2. The minimum absolute atomic E-state index is 0.00606. The molecule has 4 rings (SSSR count). The number of imidazole rings is 1. The van der Waals surface area contributed by atoms with Crippen LogP contribution in [0, 0.1) is 11.8 Å². The second-order valence-electron chi connectivity index (χ2n) is 7.51. The molecule has 1 aromatic carbocycles. The van der Waals surface area contributed by atoms with Crippen molar-refractivity contribution in [3.8, 4) is 0 Å². The molecule has 2 heterocycles. The lowest BCUT2D eigenvalue weighted by Gasteiger charge is -2.32. The number of rotatable bonds is 4. The molecule has 0 radical (unpaired) electrons. The molecular weight excluding hydrogens is 332 g/mol. The summed E-state index contributed by atoms with van der Waals surface area (Å²) in [5.74, 6) is 0.265. The van der Waals surface area contributed by atoms with Crippen molar-refractivity contribution >= 4 is 22.8 Å². The van der Waals surface area contributed by atoms with Gasteiger partial charge in [0.2, 0.25) is 11.8 Å². The van der Waals surface area contributed by atoms with Crippen molar-refractivity contribution in [2.24, 2.45) is 11.8 Å². The van der Waals surface area contributed by atoms with Gasteiger partial charge in [0.05, 0.1) is 23.0 Å². The zero-order valence-electron chi connectivity index (χ0n) is 14.9. The van der Waals surface area contributed by atoms with Crippen molar-refractivity contribution < 1.29 is 9.59 Å². The van der Waals surface area contributed by atoms with Crippen LogP contribution in [-0.2, 0) is 9.59 Å². The van der Waals surface area contributed by atoms with E-state index in [2.05, 4.69) is 15.3 Å². The van der Waals surface area contributed by atoms with Crippen molar-refractivity contribution in [3.63, 3.8) is 0 Å². The summed E-state index contributed by atoms with van der Waals surface area (Å²) in [5.41, 5.74) is 2.17. The summed E-state index contributed by atoms with van der Waals surface area (Å²) in [6.07, 6.45) is 3.68. The van der Waals surface area contributed by atoms with Crippen LogP contribution in [0.15, 0.2) is 23.0 Å². The van der Waals surface area contributed by atoms with E-state index >= 15 is 0 Å². The molecule has 138 valence electrons. The van der Waals surface area contributed by atoms with E-state index in [1.54, 1.807) is 0 Å². The molecule has 7 nitrogen and oxygen atoms in total. The van der Waals surface area contributed by atoms with Gasteiger partial charge in [-0.15, -0.1) is 0 Å². The van der Waals surface area contributed by atoms with Gasteiger partial charge in [-0.05, 0) is 50.3 Å². The van der Waals surface area contributed by atoms with Crippen molar-refractivity contribution in [1.82, 2.24) is 20.2 Å². The number of benzene rings is 1. The Bertz CT molecular complexity index is 896. The minimum Gasteiger partial charge on any atom is -0.349 e. The number of hydrogen-bond donors (Lipinski definition) is 3. The maximum atomic E-state index is 12.7. The Morgan fingerprint density at radius 1 is 1.15 bits per heavy atom. The summed E-state index contributed by atoms with van der Waals surface area (Å²) in [7, 11) is 0. The number of piperidine rings is 1. The Morgan fingerprint density at radius 3 is 2.69 bits per heavy atom. The Kier molecular flexibility index (Phi) is 4.30. The molecular formula is C19H24N4O3. The number of nitrogens with zero attached hydrogens (tertiary/aromatic N) is 1. The Hall–Kier alpha value is -2.57. The standard InChI is InChI=1S/C19H24N4O3/c1-11(13-6-7-15-16(9-13)22-19(26)21-15)20-17(24)14-3-2-8-23(10-14)18(25)12-4-5-12/h6-7,9,11-12,14H,2-5,8,10H2,1H3,(H,20,24)(H2,21,22,26). The van der Waals surface area contributed by atoms with Crippen LogP contribution < -0.4 is 11.0 Å². The van der Waals surface area contributed by atoms with Gasteiger partial charge in [-0.25, -0.2) is 4.79 Å². The molecule has 1 aliphatic heterocycles. The molecule has 2 unspecified atom stereocenters. The minimum atomic E-state index is -0.239. The number of aromatic amines is 2. The van der Waals surface area contributed by atoms with Crippen molar-refractivity contribution in [2.75, 3.05) is 13.1 Å². The van der Waals surface area contributed by atoms with Gasteiger partial charge in [-0.2, -0.15) is 0 Å². The molecule has 1 aliphatic carbocycles. The molecule has 7 heteroatoms. The molecule has 1 aromatic heterocycles. The molecule has 3 N–H and O–H groups in total. The summed E-state index contributed by atoms with van der Waals surface area (Å²) < 4.78 is 0. The molecule has 26 heavy (non-hydrogen) atoms. The second-order valence-corrected chi connectivity index (χ2v) is 7.51. The lowest BCUT2D eigenvalue weighted by Crippen LogP contribution is -2.46. The topological polar surface area (TPSA) is 98.1 Å². The molecule has 2 aromatic rings. The predicted octanol–water partition coefficient (Wildman–Crippen LogP) is 1.68. The van der Waals surface area contributed by atoms with E-state index in [0.717, 1.165) is 48.8 Å². The summed E-state index contributed by atoms with van der Waals surface area (Å²) in [5, 5.41) is 3.06. The number of hydrogen-bond acceptors (Lipinski definition) is 3. The second kappa shape index (κ2) is 6.63. The van der Waals surface area contributed by atoms with Crippen LogP contribution >= 0.6 is 0 Å². The van der Waals surface area contributed by atoms with Crippen LogP contribution in [0.1, 0.15) is 44.2 Å². The fourth-order valence-electron chi connectivity index (χ4n) is 3.71. The Morgan fingerprint density at radius 2 is 1.92 bits per heavy atom. The number of H-pyrrole nitrogens is 2. The molecule has 2 atom stereocenters. The summed E-state index contributed by atoms with van der Waals surface area (Å²) in [4.78, 5) is 43.6. The molecule has 0 spiro atoms. The van der Waals surface area contributed by atoms with Crippen LogP contribution in [0.5, 0.6) is 0 Å². The number of likely N-dealkylation sites (tertiary alicyclic amines) is 1. The Balaban J connectivity index is 1.40. The number of carbonyl (C=O) groups excluding carboxylic acids is 2. The quantitative estimate of drug-likeness (QED) is 0.777. The van der Waals surface area contributed by atoms with Crippen molar-refractivity contribution in [1.29, 1.82) is 0 Å². The predicted molar refractivity (Wildman–Crippen MR) is 97.5 cm³/mol. The van der Waals surface area contributed by atoms with E-state index in [-0.39, 0.29) is 35.4 Å². The van der Waals surface area contributed by atoms with Gasteiger partial charge >= 0.3 is 5.69 Å². The van der Waals surface area contributed by atoms with Crippen LogP contribution in [-0.4, -0.2) is 39.8 Å². The summed E-state index contributed by atoms with van der Waals surface area (Å²) >= 11 is 0. The van der Waals surface area contributed by atoms with Gasteiger partial charge in [-0.3, -0.25) is 9.59 Å². The Labute approximate surface area is 151 Å². The van der Waals surface area contributed by atoms with Crippen LogP contribution in [0.2, 0.25) is 0 Å². The number of nitrogens with one attached hydrogen (secondary N) is 3. The third kappa shape index (κ3) is 3.38. The maximum Gasteiger partial charge on any atom is 0.323 e. The summed E-state index contributed by atoms with van der Waals surface area (Å²) in [6.45, 7) is 3.23. The zero-order chi connectivity index (χ0) is 18.3. The SMILES string of the molecule is CC(NC(=O)C1CCCN(C(=O)C2CC2)C1)c1ccc2[nH]c(=O)[nH]c2c1. The molecule has 2 aliphatic rings. The van der Waals surface area contributed by atoms with Crippen LogP contribution in [0.4, 0.5) is 0 Å². The number of fused-ring (bicyclic) bond motifs is 1. The highest BCUT2D eigenvalue weighted by Gasteiger charge is 2.36. The van der Waals surface area contributed by atoms with Crippen LogP contribution in [0.25, 0.3) is 11.0 Å². The summed E-state index contributed by atoms with van der Waals surface area (Å²) in [6, 6.07) is 5.45. The first kappa shape index (κ1) is 16.9. The lowest BCUT2D eigenvalue weighted by molar-refractivity contribution is -0.137. The zero-order valence-corrected chi connectivity index (χ0v) is 14.9. The smallest absolute Gasteiger partial charge is 0.323 e. The average molecular weight is 356 g/mol. The largest absolute Gasteiger partial charge is 0.349 e. The monoisotopic (exact) mass is 356 g/mol. The molecule has 1 saturated heterocycles.